The molecule has 0 saturated heterocycles. The largest absolute Gasteiger partial charge is 0.497 e. The summed E-state index contributed by atoms with van der Waals surface area (Å²) in [5.74, 6) is -0.0561. The van der Waals surface area contributed by atoms with Gasteiger partial charge in [-0.2, -0.15) is 0 Å². The number of ether oxygens (including phenoxy) is 1. The lowest BCUT2D eigenvalue weighted by atomic mass is 10.1. The van der Waals surface area contributed by atoms with Crippen molar-refractivity contribution in [3.05, 3.63) is 69.0 Å². The molecule has 0 radical (unpaired) electrons. The van der Waals surface area contributed by atoms with E-state index in [0.29, 0.717) is 22.4 Å². The fourth-order valence-electron chi connectivity index (χ4n) is 2.01. The normalized spacial score (nSPS) is 11.5. The number of halogens is 1. The summed E-state index contributed by atoms with van der Waals surface area (Å²) in [5.41, 5.74) is 1.62. The van der Waals surface area contributed by atoms with Gasteiger partial charge in [0.25, 0.3) is 15.9 Å². The van der Waals surface area contributed by atoms with Crippen molar-refractivity contribution in [2.24, 2.45) is 0 Å². The first-order valence-electron chi connectivity index (χ1n) is 6.96. The van der Waals surface area contributed by atoms with Gasteiger partial charge in [-0.1, -0.05) is 28.1 Å². The Morgan fingerprint density at radius 2 is 1.96 bits per heavy atom. The second-order valence-electron chi connectivity index (χ2n) is 5.01. The van der Waals surface area contributed by atoms with Gasteiger partial charge in [-0.25, -0.2) is 13.1 Å². The highest BCUT2D eigenvalue weighted by atomic mass is 79.9. The maximum atomic E-state index is 12.1. The Morgan fingerprint density at radius 3 is 2.62 bits per heavy atom. The predicted octanol–water partition coefficient (Wildman–Crippen LogP) is 3.50. The number of hydrogen-bond donors (Lipinski definition) is 1. The van der Waals surface area contributed by atoms with Crippen LogP contribution in [0, 0.1) is 6.92 Å². The molecule has 0 aromatic heterocycles. The quantitative estimate of drug-likeness (QED) is 0.819. The summed E-state index contributed by atoms with van der Waals surface area (Å²) >= 11 is 3.30. The molecule has 2 aromatic rings. The molecule has 5 nitrogen and oxygen atoms in total. The van der Waals surface area contributed by atoms with Crippen LogP contribution in [0.2, 0.25) is 0 Å². The Labute approximate surface area is 149 Å². The third-order valence-corrected chi connectivity index (χ3v) is 4.66. The molecule has 0 unspecified atom stereocenters. The summed E-state index contributed by atoms with van der Waals surface area (Å²) in [6, 6.07) is 11.9. The van der Waals surface area contributed by atoms with Gasteiger partial charge in [0, 0.05) is 10.0 Å². The average molecular weight is 410 g/mol. The first-order valence-corrected chi connectivity index (χ1v) is 9.30. The first-order chi connectivity index (χ1) is 11.3. The molecule has 24 heavy (non-hydrogen) atoms. The highest BCUT2D eigenvalue weighted by Crippen LogP contribution is 2.17. The molecule has 0 fully saturated rings. The van der Waals surface area contributed by atoms with E-state index in [0.717, 1.165) is 9.88 Å². The molecule has 0 spiro atoms. The molecule has 0 atom stereocenters. The summed E-state index contributed by atoms with van der Waals surface area (Å²) in [7, 11) is -2.38. The van der Waals surface area contributed by atoms with Gasteiger partial charge in [0.15, 0.2) is 0 Å². The molecule has 7 heteroatoms. The van der Waals surface area contributed by atoms with Crippen molar-refractivity contribution in [1.82, 2.24) is 4.72 Å². The monoisotopic (exact) mass is 409 g/mol. The standard InChI is InChI=1S/C17H16BrNO4S/c1-12-10-14(18)6-7-16(12)17(20)19-24(21,22)9-8-13-4-3-5-15(11-13)23-2/h3-11H,1-2H3,(H,19,20). The minimum Gasteiger partial charge on any atom is -0.497 e. The molecular weight excluding hydrogens is 394 g/mol. The van der Waals surface area contributed by atoms with Crippen molar-refractivity contribution in [3.63, 3.8) is 0 Å². The molecule has 0 aliphatic rings. The van der Waals surface area contributed by atoms with Crippen LogP contribution in [0.25, 0.3) is 6.08 Å². The number of hydrogen-bond acceptors (Lipinski definition) is 4. The van der Waals surface area contributed by atoms with E-state index in [1.807, 2.05) is 4.72 Å². The van der Waals surface area contributed by atoms with Crippen LogP contribution < -0.4 is 9.46 Å². The zero-order valence-corrected chi connectivity index (χ0v) is 15.5. The Hall–Kier alpha value is -2.12. The van der Waals surface area contributed by atoms with Crippen molar-refractivity contribution in [1.29, 1.82) is 0 Å². The van der Waals surface area contributed by atoms with Crippen molar-refractivity contribution in [2.45, 2.75) is 6.92 Å². The second-order valence-corrected chi connectivity index (χ2v) is 7.50. The zero-order valence-electron chi connectivity index (χ0n) is 13.1. The fourth-order valence-corrected chi connectivity index (χ4v) is 3.26. The van der Waals surface area contributed by atoms with Gasteiger partial charge in [-0.3, -0.25) is 4.79 Å². The van der Waals surface area contributed by atoms with Crippen LogP contribution in [-0.2, 0) is 10.0 Å². The minimum atomic E-state index is -3.91. The van der Waals surface area contributed by atoms with E-state index < -0.39 is 15.9 Å². The van der Waals surface area contributed by atoms with E-state index in [1.54, 1.807) is 49.4 Å². The van der Waals surface area contributed by atoms with Crippen molar-refractivity contribution in [2.75, 3.05) is 7.11 Å². The molecular formula is C17H16BrNO4S. The van der Waals surface area contributed by atoms with Crippen molar-refractivity contribution >= 4 is 37.9 Å². The SMILES string of the molecule is COc1cccc(C=CS(=O)(=O)NC(=O)c2ccc(Br)cc2C)c1. The maximum Gasteiger partial charge on any atom is 0.265 e. The molecule has 1 N–H and O–H groups in total. The number of aryl methyl sites for hydroxylation is 1. The Balaban J connectivity index is 2.15. The number of amides is 1. The summed E-state index contributed by atoms with van der Waals surface area (Å²) in [4.78, 5) is 12.1. The lowest BCUT2D eigenvalue weighted by Crippen LogP contribution is -2.29. The smallest absolute Gasteiger partial charge is 0.265 e. The van der Waals surface area contributed by atoms with Crippen LogP contribution in [-0.4, -0.2) is 21.4 Å². The van der Waals surface area contributed by atoms with Gasteiger partial charge in [-0.05, 0) is 54.5 Å². The zero-order chi connectivity index (χ0) is 17.7. The number of nitrogens with one attached hydrogen (secondary N) is 1. The Morgan fingerprint density at radius 1 is 1.21 bits per heavy atom. The highest BCUT2D eigenvalue weighted by Gasteiger charge is 2.15. The van der Waals surface area contributed by atoms with E-state index in [4.69, 9.17) is 4.74 Å². The third-order valence-electron chi connectivity index (χ3n) is 3.20. The second kappa shape index (κ2) is 7.63. The number of benzene rings is 2. The summed E-state index contributed by atoms with van der Waals surface area (Å²) < 4.78 is 32.0. The first kappa shape index (κ1) is 18.2. The van der Waals surface area contributed by atoms with Gasteiger partial charge >= 0.3 is 0 Å². The Bertz CT molecular complexity index is 891. The molecule has 1 amide bonds. The number of carbonyl (C=O) groups is 1. The van der Waals surface area contributed by atoms with Gasteiger partial charge in [0.2, 0.25) is 0 Å². The lowest BCUT2D eigenvalue weighted by Gasteiger charge is -2.07. The molecule has 126 valence electrons. The van der Waals surface area contributed by atoms with Gasteiger partial charge in [0.05, 0.1) is 12.5 Å². The summed E-state index contributed by atoms with van der Waals surface area (Å²) in [5, 5.41) is 0.952. The number of sulfonamides is 1. The van der Waals surface area contributed by atoms with Gasteiger partial charge < -0.3 is 4.74 Å². The fraction of sp³-hybridized carbons (Fsp3) is 0.118. The van der Waals surface area contributed by atoms with Crippen LogP contribution in [0.3, 0.4) is 0 Å². The van der Waals surface area contributed by atoms with E-state index in [9.17, 15) is 13.2 Å². The van der Waals surface area contributed by atoms with Crippen LogP contribution >= 0.6 is 15.9 Å². The van der Waals surface area contributed by atoms with Crippen LogP contribution in [0.1, 0.15) is 21.5 Å². The Kier molecular flexibility index (Phi) is 5.80. The van der Waals surface area contributed by atoms with Gasteiger partial charge in [-0.15, -0.1) is 0 Å². The van der Waals surface area contributed by atoms with E-state index in [2.05, 4.69) is 15.9 Å². The highest BCUT2D eigenvalue weighted by molar-refractivity contribution is 9.10. The molecule has 0 aliphatic carbocycles. The summed E-state index contributed by atoms with van der Waals surface area (Å²) in [6.45, 7) is 1.73. The van der Waals surface area contributed by atoms with Crippen LogP contribution in [0.5, 0.6) is 5.75 Å². The van der Waals surface area contributed by atoms with E-state index >= 15 is 0 Å². The number of methoxy groups -OCH3 is 1. The molecule has 2 aromatic carbocycles. The average Bonchev–Trinajstić information content (AvgIpc) is 2.52. The predicted molar refractivity (Wildman–Crippen MR) is 97.3 cm³/mol. The number of carbonyl (C=O) groups excluding carboxylic acids is 1. The third kappa shape index (κ3) is 4.94. The molecule has 0 bridgehead atoms. The number of rotatable bonds is 5. The molecule has 0 saturated carbocycles. The maximum absolute atomic E-state index is 12.1. The van der Waals surface area contributed by atoms with Gasteiger partial charge in [0.1, 0.15) is 5.75 Å². The molecule has 0 aliphatic heterocycles. The van der Waals surface area contributed by atoms with Crippen LogP contribution in [0.15, 0.2) is 52.3 Å². The van der Waals surface area contributed by atoms with Crippen molar-refractivity contribution in [3.8, 4) is 5.75 Å². The topological polar surface area (TPSA) is 72.5 Å². The van der Waals surface area contributed by atoms with E-state index in [1.165, 1.54) is 13.2 Å². The van der Waals surface area contributed by atoms with Crippen molar-refractivity contribution < 1.29 is 17.9 Å². The molecule has 2 rings (SSSR count). The van der Waals surface area contributed by atoms with E-state index in [-0.39, 0.29) is 0 Å². The minimum absolute atomic E-state index is 0.302. The lowest BCUT2D eigenvalue weighted by molar-refractivity contribution is 0.0981. The molecule has 0 heterocycles. The van der Waals surface area contributed by atoms with Crippen LogP contribution in [0.4, 0.5) is 0 Å². The summed E-state index contributed by atoms with van der Waals surface area (Å²) in [6.07, 6.45) is 1.40.